The molecule has 0 radical (unpaired) electrons. The third kappa shape index (κ3) is 2.83. The Labute approximate surface area is 125 Å². The molecule has 1 aromatic rings. The van der Waals surface area contributed by atoms with Crippen LogP contribution >= 0.6 is 0 Å². The van der Waals surface area contributed by atoms with Crippen molar-refractivity contribution in [3.8, 4) is 0 Å². The third-order valence-corrected chi connectivity index (χ3v) is 4.22. The lowest BCUT2D eigenvalue weighted by atomic mass is 10.1. The van der Waals surface area contributed by atoms with Gasteiger partial charge in [-0.3, -0.25) is 4.79 Å². The topological polar surface area (TPSA) is 58.8 Å². The normalized spacial score (nSPS) is 25.0. The van der Waals surface area contributed by atoms with Gasteiger partial charge in [0.25, 0.3) is 0 Å². The quantitative estimate of drug-likeness (QED) is 0.833. The van der Waals surface area contributed by atoms with E-state index in [0.717, 1.165) is 24.3 Å². The molecule has 1 saturated heterocycles. The number of nitrogens with zero attached hydrogens (tertiary/aromatic N) is 2. The Kier molecular flexibility index (Phi) is 3.76. The second-order valence-electron chi connectivity index (χ2n) is 6.08. The Morgan fingerprint density at radius 3 is 2.76 bits per heavy atom. The molecule has 0 spiro atoms. The maximum absolute atomic E-state index is 12.6. The van der Waals surface area contributed by atoms with Crippen LogP contribution in [0, 0.1) is 0 Å². The average Bonchev–Trinajstić information content (AvgIpc) is 2.82. The van der Waals surface area contributed by atoms with E-state index in [1.54, 1.807) is 0 Å². The molecule has 114 valence electrons. The number of para-hydroxylation sites is 1. The molecule has 21 heavy (non-hydrogen) atoms. The Bertz CT molecular complexity index is 536. The second kappa shape index (κ2) is 5.56. The molecular weight excluding hydrogens is 266 g/mol. The van der Waals surface area contributed by atoms with Crippen LogP contribution in [0.1, 0.15) is 19.4 Å². The van der Waals surface area contributed by atoms with E-state index in [0.29, 0.717) is 19.6 Å². The fourth-order valence-electron chi connectivity index (χ4n) is 3.37. The van der Waals surface area contributed by atoms with Crippen molar-refractivity contribution in [2.24, 2.45) is 0 Å². The first-order valence-corrected chi connectivity index (χ1v) is 7.60. The first kappa shape index (κ1) is 14.2. The van der Waals surface area contributed by atoms with Gasteiger partial charge >= 0.3 is 0 Å². The largest absolute Gasteiger partial charge is 0.397 e. The zero-order valence-electron chi connectivity index (χ0n) is 12.7. The molecular formula is C16H23N3O2. The molecule has 0 saturated carbocycles. The van der Waals surface area contributed by atoms with Gasteiger partial charge in [0.05, 0.1) is 30.1 Å². The van der Waals surface area contributed by atoms with Gasteiger partial charge in [0.2, 0.25) is 5.91 Å². The van der Waals surface area contributed by atoms with Crippen LogP contribution in [-0.4, -0.2) is 49.2 Å². The number of rotatable bonds is 2. The molecule has 2 aliphatic rings. The second-order valence-corrected chi connectivity index (χ2v) is 6.08. The molecule has 2 N–H and O–H groups in total. The van der Waals surface area contributed by atoms with Gasteiger partial charge in [0.1, 0.15) is 0 Å². The Morgan fingerprint density at radius 2 is 2.05 bits per heavy atom. The van der Waals surface area contributed by atoms with Crippen molar-refractivity contribution in [3.05, 3.63) is 23.8 Å². The van der Waals surface area contributed by atoms with Crippen molar-refractivity contribution < 1.29 is 9.53 Å². The standard InChI is InChI=1S/C16H23N3O2/c1-11-8-19(9-12(2)21-11)15(20)10-18-7-6-13-4-3-5-14(17)16(13)18/h3-5,11-12H,6-10,17H2,1-2H3. The van der Waals surface area contributed by atoms with Crippen molar-refractivity contribution in [1.29, 1.82) is 0 Å². The molecule has 3 rings (SSSR count). The number of ether oxygens (including phenoxy) is 1. The van der Waals surface area contributed by atoms with Crippen LogP contribution in [0.15, 0.2) is 18.2 Å². The van der Waals surface area contributed by atoms with Crippen molar-refractivity contribution in [1.82, 2.24) is 4.90 Å². The summed E-state index contributed by atoms with van der Waals surface area (Å²) in [6.07, 6.45) is 1.17. The number of carbonyl (C=O) groups is 1. The summed E-state index contributed by atoms with van der Waals surface area (Å²) in [5, 5.41) is 0. The number of fused-ring (bicyclic) bond motifs is 1. The SMILES string of the molecule is CC1CN(C(=O)CN2CCc3cccc(N)c32)CC(C)O1. The molecule has 0 aliphatic carbocycles. The maximum Gasteiger partial charge on any atom is 0.242 e. The van der Waals surface area contributed by atoms with E-state index in [1.165, 1.54) is 5.56 Å². The third-order valence-electron chi connectivity index (χ3n) is 4.22. The van der Waals surface area contributed by atoms with E-state index in [9.17, 15) is 4.79 Å². The zero-order valence-corrected chi connectivity index (χ0v) is 12.7. The number of nitrogen functional groups attached to an aromatic ring is 1. The van der Waals surface area contributed by atoms with Gasteiger partial charge in [0.15, 0.2) is 0 Å². The van der Waals surface area contributed by atoms with E-state index in [4.69, 9.17) is 10.5 Å². The number of morpholine rings is 1. The maximum atomic E-state index is 12.6. The van der Waals surface area contributed by atoms with Crippen LogP contribution < -0.4 is 10.6 Å². The van der Waals surface area contributed by atoms with E-state index >= 15 is 0 Å². The van der Waals surface area contributed by atoms with Crippen LogP contribution in [0.3, 0.4) is 0 Å². The van der Waals surface area contributed by atoms with Gasteiger partial charge in [-0.2, -0.15) is 0 Å². The highest BCUT2D eigenvalue weighted by Gasteiger charge is 2.29. The summed E-state index contributed by atoms with van der Waals surface area (Å²) in [5.41, 5.74) is 9.12. The number of anilines is 2. The molecule has 2 heterocycles. The van der Waals surface area contributed by atoms with Crippen LogP contribution in [0.2, 0.25) is 0 Å². The lowest BCUT2D eigenvalue weighted by molar-refractivity contribution is -0.141. The number of amides is 1. The molecule has 1 amide bonds. The summed E-state index contributed by atoms with van der Waals surface area (Å²) in [5.74, 6) is 0.160. The zero-order chi connectivity index (χ0) is 15.0. The number of hydrogen-bond donors (Lipinski definition) is 1. The molecule has 5 nitrogen and oxygen atoms in total. The van der Waals surface area contributed by atoms with Crippen molar-refractivity contribution in [2.75, 3.05) is 36.8 Å². The summed E-state index contributed by atoms with van der Waals surface area (Å²) in [6.45, 7) is 6.64. The van der Waals surface area contributed by atoms with E-state index in [2.05, 4.69) is 11.0 Å². The smallest absolute Gasteiger partial charge is 0.242 e. The molecule has 2 atom stereocenters. The minimum absolute atomic E-state index is 0.105. The van der Waals surface area contributed by atoms with Crippen LogP contribution in [0.5, 0.6) is 0 Å². The molecule has 2 aliphatic heterocycles. The summed E-state index contributed by atoms with van der Waals surface area (Å²) in [7, 11) is 0. The molecule has 5 heteroatoms. The van der Waals surface area contributed by atoms with Crippen LogP contribution in [0.25, 0.3) is 0 Å². The first-order chi connectivity index (χ1) is 10.0. The van der Waals surface area contributed by atoms with Gasteiger partial charge in [-0.05, 0) is 31.9 Å². The number of benzene rings is 1. The number of carbonyl (C=O) groups excluding carboxylic acids is 1. The summed E-state index contributed by atoms with van der Waals surface area (Å²) in [6, 6.07) is 5.97. The molecule has 1 fully saturated rings. The van der Waals surface area contributed by atoms with E-state index in [-0.39, 0.29) is 18.1 Å². The van der Waals surface area contributed by atoms with E-state index < -0.39 is 0 Å². The predicted octanol–water partition coefficient (Wildman–Crippen LogP) is 1.27. The number of nitrogens with two attached hydrogens (primary N) is 1. The highest BCUT2D eigenvalue weighted by molar-refractivity contribution is 5.85. The molecule has 0 aromatic heterocycles. The Morgan fingerprint density at radius 1 is 1.33 bits per heavy atom. The van der Waals surface area contributed by atoms with Gasteiger partial charge in [-0.25, -0.2) is 0 Å². The van der Waals surface area contributed by atoms with Crippen molar-refractivity contribution >= 4 is 17.3 Å². The average molecular weight is 289 g/mol. The first-order valence-electron chi connectivity index (χ1n) is 7.60. The van der Waals surface area contributed by atoms with Crippen LogP contribution in [0.4, 0.5) is 11.4 Å². The summed E-state index contributed by atoms with van der Waals surface area (Å²) >= 11 is 0. The molecule has 1 aromatic carbocycles. The van der Waals surface area contributed by atoms with Crippen molar-refractivity contribution in [2.45, 2.75) is 32.5 Å². The Hall–Kier alpha value is -1.75. The van der Waals surface area contributed by atoms with Gasteiger partial charge < -0.3 is 20.3 Å². The Balaban J connectivity index is 1.70. The van der Waals surface area contributed by atoms with Crippen LogP contribution in [-0.2, 0) is 16.0 Å². The van der Waals surface area contributed by atoms with E-state index in [1.807, 2.05) is 30.9 Å². The lowest BCUT2D eigenvalue weighted by Gasteiger charge is -2.36. The highest BCUT2D eigenvalue weighted by Crippen LogP contribution is 2.33. The predicted molar refractivity (Wildman–Crippen MR) is 83.4 cm³/mol. The minimum Gasteiger partial charge on any atom is -0.397 e. The van der Waals surface area contributed by atoms with Gasteiger partial charge in [0, 0.05) is 19.6 Å². The lowest BCUT2D eigenvalue weighted by Crippen LogP contribution is -2.51. The fraction of sp³-hybridized carbons (Fsp3) is 0.562. The summed E-state index contributed by atoms with van der Waals surface area (Å²) in [4.78, 5) is 16.6. The van der Waals surface area contributed by atoms with Gasteiger partial charge in [-0.1, -0.05) is 12.1 Å². The highest BCUT2D eigenvalue weighted by atomic mass is 16.5. The summed E-state index contributed by atoms with van der Waals surface area (Å²) < 4.78 is 5.68. The number of hydrogen-bond acceptors (Lipinski definition) is 4. The van der Waals surface area contributed by atoms with Gasteiger partial charge in [-0.15, -0.1) is 0 Å². The minimum atomic E-state index is 0.105. The molecule has 0 bridgehead atoms. The monoisotopic (exact) mass is 289 g/mol. The molecule has 2 unspecified atom stereocenters. The fourth-order valence-corrected chi connectivity index (χ4v) is 3.37. The van der Waals surface area contributed by atoms with Crippen molar-refractivity contribution in [3.63, 3.8) is 0 Å².